The SMILES string of the molecule is CCCCOC[C@H]1O[C@@](O)(C(F)(F)c2ccccc2Cc2ccccc2)[C@H](OCCCC)[C@@H](OCCCC)[C@@H]1OCCCC. The van der Waals surface area contributed by atoms with Gasteiger partial charge in [0.2, 0.25) is 0 Å². The Morgan fingerprint density at radius 2 is 1.27 bits per heavy atom. The number of aliphatic hydroxyl groups is 1. The first kappa shape index (κ1) is 36.5. The lowest BCUT2D eigenvalue weighted by Crippen LogP contribution is -2.72. The van der Waals surface area contributed by atoms with Gasteiger partial charge in [-0.25, -0.2) is 0 Å². The molecule has 6 nitrogen and oxygen atoms in total. The highest BCUT2D eigenvalue weighted by atomic mass is 19.3. The Labute approximate surface area is 263 Å². The van der Waals surface area contributed by atoms with Crippen molar-refractivity contribution < 1.29 is 37.6 Å². The Bertz CT molecular complexity index is 1050. The molecular formula is C36H54F2O6. The second-order valence-corrected chi connectivity index (χ2v) is 11.7. The first-order valence-electron chi connectivity index (χ1n) is 16.7. The van der Waals surface area contributed by atoms with Crippen molar-refractivity contribution in [1.29, 1.82) is 0 Å². The molecule has 2 aromatic carbocycles. The predicted molar refractivity (Wildman–Crippen MR) is 169 cm³/mol. The zero-order chi connectivity index (χ0) is 31.8. The molecule has 1 aliphatic heterocycles. The van der Waals surface area contributed by atoms with Gasteiger partial charge < -0.3 is 28.8 Å². The van der Waals surface area contributed by atoms with Crippen LogP contribution in [0.2, 0.25) is 0 Å². The van der Waals surface area contributed by atoms with E-state index in [0.717, 1.165) is 50.5 Å². The highest BCUT2D eigenvalue weighted by molar-refractivity contribution is 5.37. The summed E-state index contributed by atoms with van der Waals surface area (Å²) in [6, 6.07) is 15.8. The van der Waals surface area contributed by atoms with Crippen LogP contribution in [0.15, 0.2) is 54.6 Å². The van der Waals surface area contributed by atoms with Crippen LogP contribution in [0.25, 0.3) is 0 Å². The van der Waals surface area contributed by atoms with E-state index in [1.807, 2.05) is 44.2 Å². The second-order valence-electron chi connectivity index (χ2n) is 11.7. The first-order valence-corrected chi connectivity index (χ1v) is 16.7. The third-order valence-corrected chi connectivity index (χ3v) is 8.08. The molecule has 0 saturated carbocycles. The molecular weight excluding hydrogens is 566 g/mol. The molecule has 1 saturated heterocycles. The number of alkyl halides is 2. The summed E-state index contributed by atoms with van der Waals surface area (Å²) in [6.45, 7) is 9.47. The third-order valence-electron chi connectivity index (χ3n) is 8.08. The number of ether oxygens (including phenoxy) is 5. The zero-order valence-electron chi connectivity index (χ0n) is 27.1. The summed E-state index contributed by atoms with van der Waals surface area (Å²) in [5.41, 5.74) is 0.975. The van der Waals surface area contributed by atoms with Gasteiger partial charge in [0.1, 0.15) is 24.4 Å². The van der Waals surface area contributed by atoms with Gasteiger partial charge in [-0.1, -0.05) is 108 Å². The molecule has 0 unspecified atom stereocenters. The van der Waals surface area contributed by atoms with Crippen molar-refractivity contribution in [3.8, 4) is 0 Å². The van der Waals surface area contributed by atoms with E-state index in [-0.39, 0.29) is 25.2 Å². The lowest BCUT2D eigenvalue weighted by molar-refractivity contribution is -0.426. The van der Waals surface area contributed by atoms with Crippen molar-refractivity contribution in [2.45, 2.75) is 122 Å². The van der Waals surface area contributed by atoms with Crippen molar-refractivity contribution in [1.82, 2.24) is 0 Å². The van der Waals surface area contributed by atoms with Crippen LogP contribution in [-0.4, -0.2) is 68.3 Å². The molecule has 1 N–H and O–H groups in total. The Hall–Kier alpha value is -1.94. The van der Waals surface area contributed by atoms with E-state index in [0.29, 0.717) is 31.8 Å². The molecule has 5 atom stereocenters. The average Bonchev–Trinajstić information content (AvgIpc) is 3.02. The quantitative estimate of drug-likeness (QED) is 0.144. The van der Waals surface area contributed by atoms with Gasteiger partial charge in [0.25, 0.3) is 5.79 Å². The highest BCUT2D eigenvalue weighted by Crippen LogP contribution is 2.49. The third kappa shape index (κ3) is 9.54. The van der Waals surface area contributed by atoms with Crippen LogP contribution in [0.4, 0.5) is 8.78 Å². The van der Waals surface area contributed by atoms with Crippen LogP contribution < -0.4 is 0 Å². The van der Waals surface area contributed by atoms with Crippen molar-refractivity contribution in [3.63, 3.8) is 0 Å². The molecule has 0 amide bonds. The van der Waals surface area contributed by atoms with E-state index >= 15 is 8.78 Å². The molecule has 44 heavy (non-hydrogen) atoms. The predicted octanol–water partition coefficient (Wildman–Crippen LogP) is 7.83. The monoisotopic (exact) mass is 620 g/mol. The molecule has 248 valence electrons. The zero-order valence-corrected chi connectivity index (χ0v) is 27.1. The van der Waals surface area contributed by atoms with Crippen LogP contribution in [0.3, 0.4) is 0 Å². The Balaban J connectivity index is 2.10. The van der Waals surface area contributed by atoms with E-state index in [4.69, 9.17) is 23.7 Å². The van der Waals surface area contributed by atoms with Crippen molar-refractivity contribution in [2.24, 2.45) is 0 Å². The maximum atomic E-state index is 17.2. The van der Waals surface area contributed by atoms with E-state index in [2.05, 4.69) is 13.8 Å². The van der Waals surface area contributed by atoms with Gasteiger partial charge in [0.05, 0.1) is 6.61 Å². The molecule has 0 aliphatic carbocycles. The summed E-state index contributed by atoms with van der Waals surface area (Å²) < 4.78 is 65.2. The van der Waals surface area contributed by atoms with E-state index in [9.17, 15) is 5.11 Å². The summed E-state index contributed by atoms with van der Waals surface area (Å²) in [6.07, 6.45) is 2.47. The van der Waals surface area contributed by atoms with Crippen LogP contribution in [-0.2, 0) is 36.0 Å². The maximum Gasteiger partial charge on any atom is 0.328 e. The maximum absolute atomic E-state index is 17.2. The topological polar surface area (TPSA) is 66.4 Å². The van der Waals surface area contributed by atoms with Crippen LogP contribution in [0.1, 0.15) is 95.8 Å². The van der Waals surface area contributed by atoms with Gasteiger partial charge in [-0.3, -0.25) is 0 Å². The van der Waals surface area contributed by atoms with Gasteiger partial charge >= 0.3 is 5.92 Å². The van der Waals surface area contributed by atoms with Crippen molar-refractivity contribution in [2.75, 3.05) is 33.0 Å². The fourth-order valence-electron chi connectivity index (χ4n) is 5.46. The normalized spacial score (nSPS) is 24.1. The molecule has 0 aromatic heterocycles. The molecule has 0 bridgehead atoms. The van der Waals surface area contributed by atoms with Gasteiger partial charge in [-0.2, -0.15) is 8.78 Å². The minimum atomic E-state index is -3.86. The smallest absolute Gasteiger partial charge is 0.328 e. The lowest BCUT2D eigenvalue weighted by atomic mass is 9.83. The van der Waals surface area contributed by atoms with Crippen LogP contribution >= 0.6 is 0 Å². The van der Waals surface area contributed by atoms with E-state index in [1.165, 1.54) is 6.07 Å². The van der Waals surface area contributed by atoms with Gasteiger partial charge in [-0.15, -0.1) is 0 Å². The lowest BCUT2D eigenvalue weighted by Gasteiger charge is -2.52. The molecule has 0 radical (unpaired) electrons. The average molecular weight is 621 g/mol. The number of rotatable bonds is 21. The van der Waals surface area contributed by atoms with Crippen molar-refractivity contribution >= 4 is 0 Å². The van der Waals surface area contributed by atoms with E-state index in [1.54, 1.807) is 18.2 Å². The summed E-state index contributed by atoms with van der Waals surface area (Å²) >= 11 is 0. The largest absolute Gasteiger partial charge is 0.379 e. The molecule has 1 aliphatic rings. The number of halogens is 2. The molecule has 1 fully saturated rings. The summed E-state index contributed by atoms with van der Waals surface area (Å²) in [5, 5.41) is 12.3. The van der Waals surface area contributed by atoms with E-state index < -0.39 is 36.1 Å². The van der Waals surface area contributed by atoms with Gasteiger partial charge in [0, 0.05) is 32.0 Å². The number of benzene rings is 2. The number of unbranched alkanes of at least 4 members (excludes halogenated alkanes) is 4. The second kappa shape index (κ2) is 18.9. The standard InChI is InChI=1S/C36H54F2O6/c1-5-9-22-40-27-31-32(41-23-10-6-2)33(42-24-11-7-3)34(43-25-12-8-4)36(39,44-31)35(37,38)30-21-17-16-20-29(30)26-28-18-14-13-15-19-28/h13-21,31-34,39H,5-12,22-27H2,1-4H3/t31-,32-,33+,34-,36-/m1/s1. The first-order chi connectivity index (χ1) is 21.3. The fraction of sp³-hybridized carbons (Fsp3) is 0.667. The minimum absolute atomic E-state index is 0.0177. The highest BCUT2D eigenvalue weighted by Gasteiger charge is 2.68. The van der Waals surface area contributed by atoms with Crippen LogP contribution in [0.5, 0.6) is 0 Å². The van der Waals surface area contributed by atoms with Crippen molar-refractivity contribution in [3.05, 3.63) is 71.3 Å². The molecule has 3 rings (SSSR count). The summed E-state index contributed by atoms with van der Waals surface area (Å²) in [5.74, 6) is -6.91. The minimum Gasteiger partial charge on any atom is -0.379 e. The number of hydrogen-bond acceptors (Lipinski definition) is 6. The van der Waals surface area contributed by atoms with Crippen LogP contribution in [0, 0.1) is 0 Å². The number of hydrogen-bond donors (Lipinski definition) is 1. The Morgan fingerprint density at radius 1 is 0.727 bits per heavy atom. The Morgan fingerprint density at radius 3 is 1.91 bits per heavy atom. The van der Waals surface area contributed by atoms with Gasteiger partial charge in [0.15, 0.2) is 0 Å². The molecule has 0 spiro atoms. The van der Waals surface area contributed by atoms with Gasteiger partial charge in [-0.05, 0) is 43.2 Å². The summed E-state index contributed by atoms with van der Waals surface area (Å²) in [7, 11) is 0. The Kier molecular flexibility index (Phi) is 15.7. The molecule has 8 heteroatoms. The molecule has 2 aromatic rings. The molecule has 1 heterocycles. The fourth-order valence-corrected chi connectivity index (χ4v) is 5.46. The summed E-state index contributed by atoms with van der Waals surface area (Å²) in [4.78, 5) is 0.